The van der Waals surface area contributed by atoms with Crippen LogP contribution in [-0.4, -0.2) is 10.2 Å². The van der Waals surface area contributed by atoms with Crippen LogP contribution in [0.25, 0.3) is 0 Å². The molecule has 1 atom stereocenters. The Hall–Kier alpha value is -1.29. The van der Waals surface area contributed by atoms with Gasteiger partial charge in [-0.3, -0.25) is 5.10 Å². The van der Waals surface area contributed by atoms with E-state index in [2.05, 4.69) is 63.5 Å². The Labute approximate surface area is 110 Å². The van der Waals surface area contributed by atoms with Gasteiger partial charge in [-0.2, -0.15) is 5.10 Å². The van der Waals surface area contributed by atoms with E-state index in [1.807, 2.05) is 6.07 Å². The van der Waals surface area contributed by atoms with Gasteiger partial charge in [0.2, 0.25) is 0 Å². The number of nitrogens with one attached hydrogen (secondary N) is 2. The van der Waals surface area contributed by atoms with Gasteiger partial charge in [0.15, 0.2) is 0 Å². The van der Waals surface area contributed by atoms with Crippen molar-refractivity contribution < 1.29 is 0 Å². The molecule has 90 valence electrons. The highest BCUT2D eigenvalue weighted by Crippen LogP contribution is 2.25. The molecule has 0 aliphatic heterocycles. The summed E-state index contributed by atoms with van der Waals surface area (Å²) in [6, 6.07) is 8.53. The van der Waals surface area contributed by atoms with Crippen molar-refractivity contribution in [3.05, 3.63) is 46.2 Å². The van der Waals surface area contributed by atoms with Gasteiger partial charge in [-0.05, 0) is 43.2 Å². The van der Waals surface area contributed by atoms with E-state index in [-0.39, 0.29) is 6.04 Å². The average molecular weight is 294 g/mol. The van der Waals surface area contributed by atoms with Gasteiger partial charge < -0.3 is 5.32 Å². The Morgan fingerprint density at radius 2 is 2.24 bits per heavy atom. The third-order valence-electron chi connectivity index (χ3n) is 2.81. The fraction of sp³-hybridized carbons (Fsp3) is 0.308. The molecule has 1 unspecified atom stereocenters. The lowest BCUT2D eigenvalue weighted by atomic mass is 10.1. The fourth-order valence-corrected chi connectivity index (χ4v) is 2.22. The number of aromatic nitrogens is 2. The van der Waals surface area contributed by atoms with Crippen molar-refractivity contribution >= 4 is 21.6 Å². The number of anilines is 1. The summed E-state index contributed by atoms with van der Waals surface area (Å²) in [6.07, 6.45) is 2.79. The number of hydrogen-bond donors (Lipinski definition) is 2. The first-order valence-corrected chi connectivity index (χ1v) is 6.54. The summed E-state index contributed by atoms with van der Waals surface area (Å²) in [4.78, 5) is 0. The molecular formula is C13H16BrN3. The zero-order valence-electron chi connectivity index (χ0n) is 10.00. The van der Waals surface area contributed by atoms with E-state index in [0.717, 1.165) is 16.6 Å². The Morgan fingerprint density at radius 1 is 1.41 bits per heavy atom. The molecule has 3 nitrogen and oxygen atoms in total. The molecule has 4 heteroatoms. The number of halogens is 1. The molecule has 0 radical (unpaired) electrons. The van der Waals surface area contributed by atoms with Crippen LogP contribution in [0.2, 0.25) is 0 Å². The van der Waals surface area contributed by atoms with E-state index < -0.39 is 0 Å². The van der Waals surface area contributed by atoms with Crippen molar-refractivity contribution in [1.29, 1.82) is 0 Å². The third kappa shape index (κ3) is 2.88. The summed E-state index contributed by atoms with van der Waals surface area (Å²) < 4.78 is 1.12. The van der Waals surface area contributed by atoms with Crippen molar-refractivity contribution in [2.24, 2.45) is 0 Å². The molecule has 0 saturated carbocycles. The molecule has 0 aliphatic rings. The molecule has 1 heterocycles. The van der Waals surface area contributed by atoms with Crippen molar-refractivity contribution in [2.75, 3.05) is 5.32 Å². The van der Waals surface area contributed by atoms with Crippen LogP contribution in [0.3, 0.4) is 0 Å². The lowest BCUT2D eigenvalue weighted by Gasteiger charge is -2.16. The summed E-state index contributed by atoms with van der Waals surface area (Å²) in [5.41, 5.74) is 3.58. The Bertz CT molecular complexity index is 479. The highest BCUT2D eigenvalue weighted by atomic mass is 79.9. The monoisotopic (exact) mass is 293 g/mol. The largest absolute Gasteiger partial charge is 0.377 e. The minimum absolute atomic E-state index is 0.226. The van der Waals surface area contributed by atoms with Crippen LogP contribution in [0.1, 0.15) is 31.1 Å². The molecule has 2 N–H and O–H groups in total. The summed E-state index contributed by atoms with van der Waals surface area (Å²) in [5, 5.41) is 10.5. The number of H-pyrrole nitrogens is 1. The second kappa shape index (κ2) is 5.36. The minimum atomic E-state index is 0.226. The van der Waals surface area contributed by atoms with Gasteiger partial charge >= 0.3 is 0 Å². The Balaban J connectivity index is 2.18. The van der Waals surface area contributed by atoms with E-state index in [1.165, 1.54) is 11.3 Å². The second-order valence-electron chi connectivity index (χ2n) is 4.03. The van der Waals surface area contributed by atoms with Gasteiger partial charge in [0.1, 0.15) is 0 Å². The molecule has 2 aromatic rings. The molecule has 0 bridgehead atoms. The number of nitrogens with zero attached hydrogens (tertiary/aromatic N) is 1. The highest BCUT2D eigenvalue weighted by molar-refractivity contribution is 9.10. The van der Waals surface area contributed by atoms with E-state index >= 15 is 0 Å². The predicted molar refractivity (Wildman–Crippen MR) is 74.1 cm³/mol. The van der Waals surface area contributed by atoms with E-state index in [9.17, 15) is 0 Å². The van der Waals surface area contributed by atoms with Gasteiger partial charge in [-0.25, -0.2) is 0 Å². The summed E-state index contributed by atoms with van der Waals surface area (Å²) in [6.45, 7) is 4.28. The summed E-state index contributed by atoms with van der Waals surface area (Å²) in [7, 11) is 0. The molecule has 17 heavy (non-hydrogen) atoms. The molecule has 0 fully saturated rings. The molecule has 1 aromatic carbocycles. The highest BCUT2D eigenvalue weighted by Gasteiger charge is 2.08. The number of aromatic amines is 1. The van der Waals surface area contributed by atoms with Crippen LogP contribution in [0.5, 0.6) is 0 Å². The van der Waals surface area contributed by atoms with Crippen LogP contribution in [-0.2, 0) is 6.42 Å². The van der Waals surface area contributed by atoms with Crippen molar-refractivity contribution in [3.63, 3.8) is 0 Å². The molecule has 0 spiro atoms. The van der Waals surface area contributed by atoms with Crippen LogP contribution in [0.15, 0.2) is 34.9 Å². The number of hydrogen-bond acceptors (Lipinski definition) is 2. The summed E-state index contributed by atoms with van der Waals surface area (Å²) >= 11 is 3.50. The normalized spacial score (nSPS) is 12.4. The number of aryl methyl sites for hydroxylation is 1. The van der Waals surface area contributed by atoms with E-state index in [1.54, 1.807) is 6.20 Å². The molecule has 2 rings (SSSR count). The van der Waals surface area contributed by atoms with Crippen molar-refractivity contribution in [3.8, 4) is 0 Å². The minimum Gasteiger partial charge on any atom is -0.377 e. The maximum atomic E-state index is 3.97. The molecule has 0 saturated heterocycles. The molecular weight excluding hydrogens is 278 g/mol. The quantitative estimate of drug-likeness (QED) is 0.897. The lowest BCUT2D eigenvalue weighted by molar-refractivity contribution is 0.822. The predicted octanol–water partition coefficient (Wildman–Crippen LogP) is 3.91. The van der Waals surface area contributed by atoms with Crippen LogP contribution >= 0.6 is 15.9 Å². The zero-order valence-corrected chi connectivity index (χ0v) is 11.6. The van der Waals surface area contributed by atoms with Crippen LogP contribution < -0.4 is 5.32 Å². The topological polar surface area (TPSA) is 40.7 Å². The smallest absolute Gasteiger partial charge is 0.0651 e. The SMILES string of the molecule is CCc1cc(Br)ccc1NC(C)c1ccn[nH]1. The van der Waals surface area contributed by atoms with Gasteiger partial charge in [-0.1, -0.05) is 22.9 Å². The zero-order chi connectivity index (χ0) is 12.3. The van der Waals surface area contributed by atoms with Gasteiger partial charge in [0, 0.05) is 16.4 Å². The Morgan fingerprint density at radius 3 is 2.88 bits per heavy atom. The number of benzene rings is 1. The first-order chi connectivity index (χ1) is 8.20. The van der Waals surface area contributed by atoms with Crippen molar-refractivity contribution in [2.45, 2.75) is 26.3 Å². The Kier molecular flexibility index (Phi) is 3.84. The maximum absolute atomic E-state index is 3.97. The van der Waals surface area contributed by atoms with Gasteiger partial charge in [0.05, 0.1) is 11.7 Å². The average Bonchev–Trinajstić information content (AvgIpc) is 2.85. The first-order valence-electron chi connectivity index (χ1n) is 5.75. The molecule has 0 amide bonds. The van der Waals surface area contributed by atoms with Crippen LogP contribution in [0.4, 0.5) is 5.69 Å². The second-order valence-corrected chi connectivity index (χ2v) is 4.95. The third-order valence-corrected chi connectivity index (χ3v) is 3.30. The first kappa shape index (κ1) is 12.2. The summed E-state index contributed by atoms with van der Waals surface area (Å²) in [5.74, 6) is 0. The lowest BCUT2D eigenvalue weighted by Crippen LogP contribution is -2.08. The van der Waals surface area contributed by atoms with Crippen LogP contribution in [0, 0.1) is 0 Å². The molecule has 0 aliphatic carbocycles. The van der Waals surface area contributed by atoms with E-state index in [0.29, 0.717) is 0 Å². The van der Waals surface area contributed by atoms with E-state index in [4.69, 9.17) is 0 Å². The van der Waals surface area contributed by atoms with Gasteiger partial charge in [-0.15, -0.1) is 0 Å². The fourth-order valence-electron chi connectivity index (χ4n) is 1.81. The maximum Gasteiger partial charge on any atom is 0.0651 e. The number of rotatable bonds is 4. The van der Waals surface area contributed by atoms with Crippen molar-refractivity contribution in [1.82, 2.24) is 10.2 Å². The molecule has 1 aromatic heterocycles. The standard InChI is InChI=1S/C13H16BrN3/c1-3-10-8-11(14)4-5-13(10)16-9(2)12-6-7-15-17-12/h4-9,16H,3H2,1-2H3,(H,15,17). The van der Waals surface area contributed by atoms with Gasteiger partial charge in [0.25, 0.3) is 0 Å².